The fourth-order valence-corrected chi connectivity index (χ4v) is 5.64. The van der Waals surface area contributed by atoms with Crippen LogP contribution in [0.25, 0.3) is 0 Å². The number of piperazine rings is 1. The Labute approximate surface area is 241 Å². The van der Waals surface area contributed by atoms with Crippen LogP contribution in [0.4, 0.5) is 11.4 Å². The van der Waals surface area contributed by atoms with Crippen LogP contribution in [0.3, 0.4) is 0 Å². The molecule has 2 saturated heterocycles. The summed E-state index contributed by atoms with van der Waals surface area (Å²) >= 11 is 0. The van der Waals surface area contributed by atoms with Gasteiger partial charge in [0.2, 0.25) is 0 Å². The van der Waals surface area contributed by atoms with E-state index in [2.05, 4.69) is 58.3 Å². The number of carbonyl (C=O) groups excluding carboxylic acids is 1. The van der Waals surface area contributed by atoms with Crippen LogP contribution in [0, 0.1) is 6.92 Å². The summed E-state index contributed by atoms with van der Waals surface area (Å²) < 4.78 is 5.44. The first-order valence-electron chi connectivity index (χ1n) is 14.4. The van der Waals surface area contributed by atoms with E-state index in [1.807, 2.05) is 12.1 Å². The number of nitrogens with one attached hydrogen (secondary N) is 1. The second kappa shape index (κ2) is 14.3. The number of morpholine rings is 1. The largest absolute Gasteiger partial charge is 0.481 e. The first kappa shape index (κ1) is 30.3. The Kier molecular flexibility index (Phi) is 10.6. The number of carboxylic acids is 2. The van der Waals surface area contributed by atoms with Gasteiger partial charge in [-0.15, -0.1) is 0 Å². The maximum Gasteiger partial charge on any atom is 0.303 e. The summed E-state index contributed by atoms with van der Waals surface area (Å²) in [6, 6.07) is 12.8. The van der Waals surface area contributed by atoms with Crippen molar-refractivity contribution in [1.29, 1.82) is 0 Å². The maximum atomic E-state index is 13.0. The maximum absolute atomic E-state index is 13.0. The van der Waals surface area contributed by atoms with Gasteiger partial charge in [0.25, 0.3) is 5.91 Å². The van der Waals surface area contributed by atoms with Gasteiger partial charge in [-0.25, -0.2) is 0 Å². The summed E-state index contributed by atoms with van der Waals surface area (Å²) in [6.45, 7) is 9.90. The number of aryl methyl sites for hydroxylation is 1. The molecule has 3 aliphatic rings. The number of carboxylic acid groups (broad SMARTS) is 2. The van der Waals surface area contributed by atoms with Crippen molar-refractivity contribution < 1.29 is 29.3 Å². The smallest absolute Gasteiger partial charge is 0.303 e. The molecule has 0 spiro atoms. The number of fused-ring (bicyclic) bond motifs is 1. The molecule has 41 heavy (non-hydrogen) atoms. The monoisotopic (exact) mass is 566 g/mol. The van der Waals surface area contributed by atoms with Crippen molar-refractivity contribution in [1.82, 2.24) is 10.2 Å². The van der Waals surface area contributed by atoms with E-state index in [9.17, 15) is 14.4 Å². The normalized spacial score (nSPS) is 19.0. The van der Waals surface area contributed by atoms with E-state index in [1.54, 1.807) is 0 Å². The van der Waals surface area contributed by atoms with Gasteiger partial charge in [0.1, 0.15) is 0 Å². The standard InChI is InChI=1S/C27H36N4O2.C4H6O4/c1-20-3-10-26(31-13-11-29(2)12-14-31)25-19-22(6-9-24(20)25)28-27(32)21-4-7-23(8-5-21)30-15-17-33-18-16-30;5-3(6)1-2-4(7)8/h3-5,7-8,10,22H,6,9,11-19H2,1-2H3,(H,28,32);1-2H2,(H,5,6)(H,7,8)/t22-;/m1./s1. The Balaban J connectivity index is 0.000000426. The number of likely N-dealkylation sites (N-methyl/N-ethyl adjacent to an activating group) is 1. The van der Waals surface area contributed by atoms with E-state index in [1.165, 1.54) is 22.4 Å². The lowest BCUT2D eigenvalue weighted by Crippen LogP contribution is -2.45. The molecule has 2 aromatic rings. The second-order valence-electron chi connectivity index (χ2n) is 11.0. The zero-order chi connectivity index (χ0) is 29.4. The molecule has 5 rings (SSSR count). The summed E-state index contributed by atoms with van der Waals surface area (Å²) in [5.74, 6) is -2.12. The Morgan fingerprint density at radius 3 is 2.10 bits per heavy atom. The lowest BCUT2D eigenvalue weighted by molar-refractivity contribution is -0.143. The first-order chi connectivity index (χ1) is 19.7. The Bertz CT molecular complexity index is 1190. The highest BCUT2D eigenvalue weighted by molar-refractivity contribution is 5.94. The fourth-order valence-electron chi connectivity index (χ4n) is 5.64. The van der Waals surface area contributed by atoms with Gasteiger partial charge in [0.05, 0.1) is 26.1 Å². The number of rotatable bonds is 7. The first-order valence-corrected chi connectivity index (χ1v) is 14.4. The summed E-state index contributed by atoms with van der Waals surface area (Å²) in [4.78, 5) is 39.6. The molecule has 2 aromatic carbocycles. The summed E-state index contributed by atoms with van der Waals surface area (Å²) in [5, 5.41) is 19.1. The van der Waals surface area contributed by atoms with Gasteiger partial charge < -0.3 is 35.0 Å². The van der Waals surface area contributed by atoms with E-state index in [-0.39, 0.29) is 24.8 Å². The SMILES string of the molecule is Cc1ccc(N2CCN(C)CC2)c2c1CC[C@@H](NC(=O)c1ccc(N3CCOCC3)cc1)C2.O=C(O)CCC(=O)O. The molecule has 10 heteroatoms. The summed E-state index contributed by atoms with van der Waals surface area (Å²) in [7, 11) is 2.20. The van der Waals surface area contributed by atoms with Crippen molar-refractivity contribution in [2.24, 2.45) is 0 Å². The number of benzene rings is 2. The van der Waals surface area contributed by atoms with Crippen molar-refractivity contribution in [3.63, 3.8) is 0 Å². The predicted octanol–water partition coefficient (Wildman–Crippen LogP) is 2.81. The van der Waals surface area contributed by atoms with Crippen molar-refractivity contribution in [2.75, 3.05) is 69.3 Å². The van der Waals surface area contributed by atoms with Crippen molar-refractivity contribution in [2.45, 2.75) is 45.1 Å². The van der Waals surface area contributed by atoms with Gasteiger partial charge >= 0.3 is 11.9 Å². The quantitative estimate of drug-likeness (QED) is 0.464. The predicted molar refractivity (Wildman–Crippen MR) is 158 cm³/mol. The molecular formula is C31H42N4O6. The van der Waals surface area contributed by atoms with Gasteiger partial charge in [-0.3, -0.25) is 14.4 Å². The molecule has 0 radical (unpaired) electrons. The molecule has 0 aromatic heterocycles. The topological polar surface area (TPSA) is 123 Å². The van der Waals surface area contributed by atoms with Crippen LogP contribution in [0.15, 0.2) is 36.4 Å². The molecule has 222 valence electrons. The molecule has 0 unspecified atom stereocenters. The lowest BCUT2D eigenvalue weighted by Gasteiger charge is -2.37. The third-order valence-electron chi connectivity index (χ3n) is 8.07. The second-order valence-corrected chi connectivity index (χ2v) is 11.0. The minimum atomic E-state index is -1.08. The Morgan fingerprint density at radius 2 is 1.49 bits per heavy atom. The van der Waals surface area contributed by atoms with Crippen molar-refractivity contribution >= 4 is 29.2 Å². The van der Waals surface area contributed by atoms with Gasteiger partial charge in [-0.2, -0.15) is 0 Å². The number of hydrogen-bond donors (Lipinski definition) is 3. The van der Waals surface area contributed by atoms with Gasteiger partial charge in [0.15, 0.2) is 0 Å². The van der Waals surface area contributed by atoms with Crippen LogP contribution in [-0.2, 0) is 27.2 Å². The number of anilines is 2. The molecule has 0 saturated carbocycles. The number of carbonyl (C=O) groups is 3. The minimum absolute atomic E-state index is 0.0331. The third kappa shape index (κ3) is 8.43. The van der Waals surface area contributed by atoms with Crippen LogP contribution in [0.2, 0.25) is 0 Å². The third-order valence-corrected chi connectivity index (χ3v) is 8.07. The van der Waals surface area contributed by atoms with Gasteiger partial charge in [-0.1, -0.05) is 6.07 Å². The molecule has 2 heterocycles. The highest BCUT2D eigenvalue weighted by Crippen LogP contribution is 2.33. The molecule has 1 aliphatic carbocycles. The van der Waals surface area contributed by atoms with E-state index in [0.29, 0.717) is 0 Å². The van der Waals surface area contributed by atoms with Crippen LogP contribution in [0.5, 0.6) is 0 Å². The molecule has 2 aliphatic heterocycles. The number of ether oxygens (including phenoxy) is 1. The summed E-state index contributed by atoms with van der Waals surface area (Å²) in [6.07, 6.45) is 2.35. The number of aliphatic carboxylic acids is 2. The highest BCUT2D eigenvalue weighted by Gasteiger charge is 2.27. The molecule has 10 nitrogen and oxygen atoms in total. The molecule has 3 N–H and O–H groups in total. The van der Waals surface area contributed by atoms with Crippen molar-refractivity contribution in [3.05, 3.63) is 58.7 Å². The van der Waals surface area contributed by atoms with E-state index in [0.717, 1.165) is 83.0 Å². The van der Waals surface area contributed by atoms with E-state index >= 15 is 0 Å². The fraction of sp³-hybridized carbons (Fsp3) is 0.516. The van der Waals surface area contributed by atoms with Crippen LogP contribution in [0.1, 0.15) is 46.3 Å². The summed E-state index contributed by atoms with van der Waals surface area (Å²) in [5.41, 5.74) is 7.59. The average molecular weight is 567 g/mol. The number of hydrogen-bond acceptors (Lipinski definition) is 7. The van der Waals surface area contributed by atoms with Gasteiger partial charge in [-0.05, 0) is 80.3 Å². The average Bonchev–Trinajstić information content (AvgIpc) is 2.98. The number of amides is 1. The Hall–Kier alpha value is -3.63. The number of nitrogens with zero attached hydrogens (tertiary/aromatic N) is 3. The zero-order valence-corrected chi connectivity index (χ0v) is 24.1. The molecule has 0 bridgehead atoms. The highest BCUT2D eigenvalue weighted by atomic mass is 16.5. The lowest BCUT2D eigenvalue weighted by atomic mass is 9.84. The van der Waals surface area contributed by atoms with E-state index in [4.69, 9.17) is 14.9 Å². The minimum Gasteiger partial charge on any atom is -0.481 e. The van der Waals surface area contributed by atoms with Crippen LogP contribution >= 0.6 is 0 Å². The Morgan fingerprint density at radius 1 is 0.854 bits per heavy atom. The molecule has 1 amide bonds. The zero-order valence-electron chi connectivity index (χ0n) is 24.1. The van der Waals surface area contributed by atoms with Gasteiger partial charge in [0, 0.05) is 62.2 Å². The van der Waals surface area contributed by atoms with E-state index < -0.39 is 11.9 Å². The molecular weight excluding hydrogens is 524 g/mol. The van der Waals surface area contributed by atoms with Crippen LogP contribution in [-0.4, -0.2) is 98.5 Å². The van der Waals surface area contributed by atoms with Crippen molar-refractivity contribution in [3.8, 4) is 0 Å². The van der Waals surface area contributed by atoms with Crippen LogP contribution < -0.4 is 15.1 Å². The molecule has 1 atom stereocenters. The molecule has 2 fully saturated rings.